The zero-order valence-electron chi connectivity index (χ0n) is 13.9. The van der Waals surface area contributed by atoms with E-state index in [9.17, 15) is 20.0 Å². The molecule has 0 bridgehead atoms. The summed E-state index contributed by atoms with van der Waals surface area (Å²) in [6, 6.07) is 15.8. The van der Waals surface area contributed by atoms with Crippen LogP contribution in [0.4, 0.5) is 5.69 Å². The lowest BCUT2D eigenvalue weighted by molar-refractivity contribution is -0.385. The molecule has 8 heteroatoms. The first-order chi connectivity index (χ1) is 13.0. The number of halogens is 1. The third-order valence-electron chi connectivity index (χ3n) is 3.91. The molecule has 27 heavy (non-hydrogen) atoms. The number of benzene rings is 3. The number of rotatable bonds is 5. The quantitative estimate of drug-likeness (QED) is 0.365. The highest BCUT2D eigenvalue weighted by Gasteiger charge is 2.13. The molecule has 0 aliphatic carbocycles. The molecule has 0 saturated carbocycles. The van der Waals surface area contributed by atoms with Crippen molar-refractivity contribution in [2.45, 2.75) is 6.42 Å². The fourth-order valence-electron chi connectivity index (χ4n) is 2.64. The van der Waals surface area contributed by atoms with Crippen LogP contribution in [0.2, 0.25) is 0 Å². The Morgan fingerprint density at radius 3 is 2.74 bits per heavy atom. The maximum absolute atomic E-state index is 12.2. The van der Waals surface area contributed by atoms with Gasteiger partial charge in [0.15, 0.2) is 0 Å². The van der Waals surface area contributed by atoms with Crippen molar-refractivity contribution >= 4 is 44.5 Å². The van der Waals surface area contributed by atoms with Gasteiger partial charge >= 0.3 is 0 Å². The number of fused-ring (bicyclic) bond motifs is 1. The summed E-state index contributed by atoms with van der Waals surface area (Å²) >= 11 is 3.05. The molecular weight excluding hydrogens is 414 g/mol. The molecule has 0 radical (unpaired) electrons. The lowest BCUT2D eigenvalue weighted by atomic mass is 10.0. The number of non-ortho nitro benzene ring substituents is 1. The molecule has 3 aromatic carbocycles. The summed E-state index contributed by atoms with van der Waals surface area (Å²) in [6.45, 7) is 0. The fourth-order valence-corrected chi connectivity index (χ4v) is 3.11. The number of nitro groups is 1. The van der Waals surface area contributed by atoms with Gasteiger partial charge in [-0.3, -0.25) is 14.9 Å². The normalized spacial score (nSPS) is 11.0. The summed E-state index contributed by atoms with van der Waals surface area (Å²) in [5.41, 5.74) is 3.14. The lowest BCUT2D eigenvalue weighted by Crippen LogP contribution is -2.19. The first kappa shape index (κ1) is 18.5. The number of hydrogen-bond acceptors (Lipinski definition) is 5. The number of hydrazone groups is 1. The van der Waals surface area contributed by atoms with Gasteiger partial charge in [0.1, 0.15) is 5.75 Å². The second kappa shape index (κ2) is 7.96. The third kappa shape index (κ3) is 4.29. The van der Waals surface area contributed by atoms with Crippen molar-refractivity contribution in [1.29, 1.82) is 0 Å². The van der Waals surface area contributed by atoms with Crippen molar-refractivity contribution in [2.24, 2.45) is 5.10 Å². The first-order valence-electron chi connectivity index (χ1n) is 7.91. The van der Waals surface area contributed by atoms with Crippen LogP contribution in [-0.2, 0) is 11.2 Å². The number of nitrogens with zero attached hydrogens (tertiary/aromatic N) is 2. The van der Waals surface area contributed by atoms with Crippen molar-refractivity contribution in [3.8, 4) is 5.75 Å². The van der Waals surface area contributed by atoms with E-state index in [0.29, 0.717) is 0 Å². The van der Waals surface area contributed by atoms with Crippen LogP contribution in [-0.4, -0.2) is 22.2 Å². The number of carbonyl (C=O) groups is 1. The molecule has 0 fully saturated rings. The van der Waals surface area contributed by atoms with Gasteiger partial charge in [-0.2, -0.15) is 5.10 Å². The summed E-state index contributed by atoms with van der Waals surface area (Å²) in [7, 11) is 0. The molecule has 0 aliphatic rings. The highest BCUT2D eigenvalue weighted by molar-refractivity contribution is 9.10. The van der Waals surface area contributed by atoms with Gasteiger partial charge in [0.2, 0.25) is 5.91 Å². The van der Waals surface area contributed by atoms with Gasteiger partial charge in [0, 0.05) is 17.7 Å². The molecule has 0 unspecified atom stereocenters. The summed E-state index contributed by atoms with van der Waals surface area (Å²) in [5, 5.41) is 26.7. The maximum Gasteiger partial charge on any atom is 0.271 e. The molecule has 2 N–H and O–H groups in total. The van der Waals surface area contributed by atoms with Gasteiger partial charge in [0.05, 0.1) is 22.0 Å². The van der Waals surface area contributed by atoms with E-state index >= 15 is 0 Å². The monoisotopic (exact) mass is 427 g/mol. The van der Waals surface area contributed by atoms with Gasteiger partial charge in [-0.15, -0.1) is 0 Å². The molecule has 0 heterocycles. The Morgan fingerprint density at radius 2 is 1.96 bits per heavy atom. The standard InChI is InChI=1S/C19H14BrN3O4/c20-17-10-15(23(26)27)8-14(19(17)25)11-21-22-18(24)9-13-6-3-5-12-4-1-2-7-16(12)13/h1-8,10-11,25H,9H2,(H,22,24)/b21-11+. The number of aromatic hydroxyl groups is 1. The predicted octanol–water partition coefficient (Wildman–Crippen LogP) is 3.91. The van der Waals surface area contributed by atoms with Gasteiger partial charge in [-0.1, -0.05) is 42.5 Å². The van der Waals surface area contributed by atoms with E-state index in [-0.39, 0.29) is 33.8 Å². The molecule has 0 aliphatic heterocycles. The summed E-state index contributed by atoms with van der Waals surface area (Å²) in [6.07, 6.45) is 1.29. The largest absolute Gasteiger partial charge is 0.506 e. The number of nitrogens with one attached hydrogen (secondary N) is 1. The topological polar surface area (TPSA) is 105 Å². The molecule has 0 atom stereocenters. The summed E-state index contributed by atoms with van der Waals surface area (Å²) < 4.78 is 0.167. The Labute approximate surface area is 162 Å². The zero-order valence-corrected chi connectivity index (χ0v) is 15.5. The van der Waals surface area contributed by atoms with Crippen LogP contribution in [0.25, 0.3) is 10.8 Å². The highest BCUT2D eigenvalue weighted by Crippen LogP contribution is 2.31. The molecular formula is C19H14BrN3O4. The number of amides is 1. The first-order valence-corrected chi connectivity index (χ1v) is 8.70. The van der Waals surface area contributed by atoms with Crippen molar-refractivity contribution in [1.82, 2.24) is 5.43 Å². The molecule has 1 amide bonds. The Hall–Kier alpha value is -3.26. The summed E-state index contributed by atoms with van der Waals surface area (Å²) in [5.74, 6) is -0.542. The second-order valence-electron chi connectivity index (χ2n) is 5.73. The summed E-state index contributed by atoms with van der Waals surface area (Å²) in [4.78, 5) is 22.5. The van der Waals surface area contributed by atoms with E-state index in [2.05, 4.69) is 26.5 Å². The number of phenols is 1. The fraction of sp³-hybridized carbons (Fsp3) is 0.0526. The highest BCUT2D eigenvalue weighted by atomic mass is 79.9. The average Bonchev–Trinajstić information content (AvgIpc) is 2.65. The smallest absolute Gasteiger partial charge is 0.271 e. The Balaban J connectivity index is 1.73. The molecule has 0 saturated heterocycles. The minimum Gasteiger partial charge on any atom is -0.506 e. The molecule has 0 aromatic heterocycles. The van der Waals surface area contributed by atoms with Crippen LogP contribution < -0.4 is 5.43 Å². The SMILES string of the molecule is O=C(Cc1cccc2ccccc12)N/N=C/c1cc([N+](=O)[O-])cc(Br)c1O. The van der Waals surface area contributed by atoms with E-state index < -0.39 is 4.92 Å². The van der Waals surface area contributed by atoms with E-state index in [4.69, 9.17) is 0 Å². The zero-order chi connectivity index (χ0) is 19.4. The Bertz CT molecular complexity index is 1060. The van der Waals surface area contributed by atoms with Gasteiger partial charge in [-0.25, -0.2) is 5.43 Å². The number of phenolic OH excluding ortho intramolecular Hbond substituents is 1. The third-order valence-corrected chi connectivity index (χ3v) is 4.52. The van der Waals surface area contributed by atoms with Crippen LogP contribution >= 0.6 is 15.9 Å². The van der Waals surface area contributed by atoms with Gasteiger partial charge in [-0.05, 0) is 32.3 Å². The van der Waals surface area contributed by atoms with E-state index in [0.717, 1.165) is 22.6 Å². The average molecular weight is 428 g/mol. The molecule has 0 spiro atoms. The Morgan fingerprint density at radius 1 is 1.22 bits per heavy atom. The molecule has 7 nitrogen and oxygen atoms in total. The van der Waals surface area contributed by atoms with Crippen molar-refractivity contribution < 1.29 is 14.8 Å². The van der Waals surface area contributed by atoms with Gasteiger partial charge in [0.25, 0.3) is 5.69 Å². The van der Waals surface area contributed by atoms with Crippen LogP contribution in [0.3, 0.4) is 0 Å². The Kier molecular flexibility index (Phi) is 5.46. The number of nitro benzene ring substituents is 1. The van der Waals surface area contributed by atoms with E-state index in [1.807, 2.05) is 42.5 Å². The minimum absolute atomic E-state index is 0.113. The maximum atomic E-state index is 12.2. The minimum atomic E-state index is -0.583. The van der Waals surface area contributed by atoms with Crippen LogP contribution in [0.5, 0.6) is 5.75 Å². The van der Waals surface area contributed by atoms with Gasteiger partial charge < -0.3 is 5.11 Å². The predicted molar refractivity (Wildman–Crippen MR) is 106 cm³/mol. The van der Waals surface area contributed by atoms with Crippen LogP contribution in [0.15, 0.2) is 64.2 Å². The van der Waals surface area contributed by atoms with Crippen molar-refractivity contribution in [3.63, 3.8) is 0 Å². The van der Waals surface area contributed by atoms with Crippen molar-refractivity contribution in [2.75, 3.05) is 0 Å². The molecule has 3 aromatic rings. The van der Waals surface area contributed by atoms with Crippen LogP contribution in [0.1, 0.15) is 11.1 Å². The second-order valence-corrected chi connectivity index (χ2v) is 6.59. The molecule has 3 rings (SSSR count). The van der Waals surface area contributed by atoms with Crippen molar-refractivity contribution in [3.05, 3.63) is 80.3 Å². The van der Waals surface area contributed by atoms with Crippen LogP contribution in [0, 0.1) is 10.1 Å². The molecule has 136 valence electrons. The van der Waals surface area contributed by atoms with E-state index in [1.54, 1.807) is 0 Å². The lowest BCUT2D eigenvalue weighted by Gasteiger charge is -2.06. The number of hydrogen-bond donors (Lipinski definition) is 2. The number of carbonyl (C=O) groups excluding carboxylic acids is 1. The van der Waals surface area contributed by atoms with E-state index in [1.165, 1.54) is 12.1 Å².